The van der Waals surface area contributed by atoms with Crippen LogP contribution in [-0.4, -0.2) is 0 Å². The Morgan fingerprint density at radius 3 is 1.88 bits per heavy atom. The number of hydrogen-bond acceptors (Lipinski definition) is 0. The molecular formula is C17H23. The van der Waals surface area contributed by atoms with Crippen LogP contribution in [0, 0.1) is 12.3 Å². The number of hydrogen-bond donors (Lipinski definition) is 0. The van der Waals surface area contributed by atoms with E-state index in [0.29, 0.717) is 0 Å². The molecule has 91 valence electrons. The molecule has 0 amide bonds. The van der Waals surface area contributed by atoms with E-state index in [1.165, 1.54) is 43.2 Å². The molecule has 0 aliphatic carbocycles. The standard InChI is InChI=1S/C17H23/c1-3-5-7-9-11-17-14-12-16(13-15-17)10-8-6-4-2/h12-15H,4-11H2,2H3. The van der Waals surface area contributed by atoms with Gasteiger partial charge in [0, 0.05) is 6.42 Å². The van der Waals surface area contributed by atoms with Crippen LogP contribution in [0.2, 0.25) is 0 Å². The summed E-state index contributed by atoms with van der Waals surface area (Å²) in [6.45, 7) is 2.24. The SMILES string of the molecule is [C]#CCCCCc1ccc(CCCCC)cc1. The molecule has 0 saturated heterocycles. The molecule has 0 aliphatic heterocycles. The van der Waals surface area contributed by atoms with Crippen molar-refractivity contribution in [3.05, 3.63) is 41.8 Å². The van der Waals surface area contributed by atoms with Gasteiger partial charge in [-0.2, -0.15) is 0 Å². The zero-order chi connectivity index (χ0) is 12.3. The summed E-state index contributed by atoms with van der Waals surface area (Å²) in [6, 6.07) is 9.06. The quantitative estimate of drug-likeness (QED) is 0.445. The summed E-state index contributed by atoms with van der Waals surface area (Å²) in [5.41, 5.74) is 2.89. The van der Waals surface area contributed by atoms with Crippen LogP contribution >= 0.6 is 0 Å². The van der Waals surface area contributed by atoms with Gasteiger partial charge in [-0.3, -0.25) is 0 Å². The fourth-order valence-electron chi connectivity index (χ4n) is 1.99. The first-order valence-electron chi connectivity index (χ1n) is 6.84. The van der Waals surface area contributed by atoms with Gasteiger partial charge in [0.2, 0.25) is 0 Å². The van der Waals surface area contributed by atoms with Crippen molar-refractivity contribution >= 4 is 0 Å². The first kappa shape index (κ1) is 13.8. The molecule has 0 N–H and O–H groups in total. The summed E-state index contributed by atoms with van der Waals surface area (Å²) >= 11 is 0. The Labute approximate surface area is 106 Å². The molecule has 0 bridgehead atoms. The number of benzene rings is 1. The van der Waals surface area contributed by atoms with Gasteiger partial charge in [0.1, 0.15) is 0 Å². The Balaban J connectivity index is 2.27. The molecule has 0 fully saturated rings. The van der Waals surface area contributed by atoms with Crippen LogP contribution < -0.4 is 0 Å². The molecule has 0 spiro atoms. The number of rotatable bonds is 8. The number of aryl methyl sites for hydroxylation is 2. The fraction of sp³-hybridized carbons (Fsp3) is 0.529. The van der Waals surface area contributed by atoms with Gasteiger partial charge >= 0.3 is 0 Å². The van der Waals surface area contributed by atoms with E-state index in [1.54, 1.807) is 0 Å². The van der Waals surface area contributed by atoms with Crippen molar-refractivity contribution in [2.45, 2.75) is 58.3 Å². The average Bonchev–Trinajstić information content (AvgIpc) is 2.37. The second-order valence-corrected chi connectivity index (χ2v) is 4.66. The van der Waals surface area contributed by atoms with Crippen LogP contribution in [0.25, 0.3) is 0 Å². The summed E-state index contributed by atoms with van der Waals surface area (Å²) in [7, 11) is 0. The zero-order valence-corrected chi connectivity index (χ0v) is 11.0. The lowest BCUT2D eigenvalue weighted by atomic mass is 10.0. The molecule has 0 heteroatoms. The van der Waals surface area contributed by atoms with Crippen LogP contribution in [0.5, 0.6) is 0 Å². The molecule has 0 aromatic heterocycles. The van der Waals surface area contributed by atoms with Crippen molar-refractivity contribution < 1.29 is 0 Å². The summed E-state index contributed by atoms with van der Waals surface area (Å²) in [6.07, 6.45) is 16.2. The zero-order valence-electron chi connectivity index (χ0n) is 11.0. The molecule has 0 unspecified atom stereocenters. The first-order chi connectivity index (χ1) is 8.36. The van der Waals surface area contributed by atoms with Gasteiger partial charge < -0.3 is 0 Å². The van der Waals surface area contributed by atoms with Crippen molar-refractivity contribution in [2.75, 3.05) is 0 Å². The first-order valence-corrected chi connectivity index (χ1v) is 6.84. The number of unbranched alkanes of at least 4 members (excludes halogenated alkanes) is 4. The van der Waals surface area contributed by atoms with Crippen molar-refractivity contribution in [3.63, 3.8) is 0 Å². The highest BCUT2D eigenvalue weighted by atomic mass is 14.0. The summed E-state index contributed by atoms with van der Waals surface area (Å²) < 4.78 is 0. The van der Waals surface area contributed by atoms with Crippen molar-refractivity contribution in [1.82, 2.24) is 0 Å². The van der Waals surface area contributed by atoms with E-state index in [2.05, 4.69) is 37.1 Å². The minimum absolute atomic E-state index is 0.801. The molecule has 1 rings (SSSR count). The molecule has 0 heterocycles. The molecule has 1 radical (unpaired) electrons. The van der Waals surface area contributed by atoms with Crippen molar-refractivity contribution in [1.29, 1.82) is 0 Å². The normalized spacial score (nSPS) is 10.1. The highest BCUT2D eigenvalue weighted by Gasteiger charge is 1.95. The maximum atomic E-state index is 6.84. The maximum Gasteiger partial charge on any atom is 0.00990 e. The van der Waals surface area contributed by atoms with E-state index in [0.717, 1.165) is 19.3 Å². The third kappa shape index (κ3) is 6.17. The van der Waals surface area contributed by atoms with Crippen molar-refractivity contribution in [3.8, 4) is 5.92 Å². The third-order valence-electron chi connectivity index (χ3n) is 3.11. The molecule has 0 saturated carbocycles. The molecule has 0 nitrogen and oxygen atoms in total. The molecule has 17 heavy (non-hydrogen) atoms. The summed E-state index contributed by atoms with van der Waals surface area (Å²) in [4.78, 5) is 0. The fourth-order valence-corrected chi connectivity index (χ4v) is 1.99. The Bertz CT molecular complexity index is 326. The van der Waals surface area contributed by atoms with Crippen LogP contribution in [0.1, 0.15) is 56.6 Å². The van der Waals surface area contributed by atoms with E-state index in [-0.39, 0.29) is 0 Å². The van der Waals surface area contributed by atoms with E-state index >= 15 is 0 Å². The third-order valence-corrected chi connectivity index (χ3v) is 3.11. The predicted molar refractivity (Wildman–Crippen MR) is 74.4 cm³/mol. The lowest BCUT2D eigenvalue weighted by Gasteiger charge is -2.03. The average molecular weight is 227 g/mol. The Hall–Kier alpha value is -1.22. The van der Waals surface area contributed by atoms with Crippen LogP contribution in [0.3, 0.4) is 0 Å². The van der Waals surface area contributed by atoms with Gasteiger partial charge in [0.25, 0.3) is 0 Å². The lowest BCUT2D eigenvalue weighted by molar-refractivity contribution is 0.716. The van der Waals surface area contributed by atoms with E-state index < -0.39 is 0 Å². The smallest absolute Gasteiger partial charge is 0.00990 e. The van der Waals surface area contributed by atoms with Gasteiger partial charge in [0.05, 0.1) is 0 Å². The second kappa shape index (κ2) is 8.88. The van der Waals surface area contributed by atoms with E-state index in [4.69, 9.17) is 6.42 Å². The summed E-state index contributed by atoms with van der Waals surface area (Å²) in [5.74, 6) is 2.44. The highest BCUT2D eigenvalue weighted by molar-refractivity contribution is 5.22. The molecule has 1 aromatic carbocycles. The topological polar surface area (TPSA) is 0 Å². The minimum atomic E-state index is 0.801. The van der Waals surface area contributed by atoms with Crippen LogP contribution in [0.4, 0.5) is 0 Å². The largest absolute Gasteiger partial charge is 0.0891 e. The Morgan fingerprint density at radius 2 is 1.41 bits per heavy atom. The monoisotopic (exact) mass is 227 g/mol. The van der Waals surface area contributed by atoms with Crippen LogP contribution in [-0.2, 0) is 12.8 Å². The van der Waals surface area contributed by atoms with Crippen molar-refractivity contribution in [2.24, 2.45) is 0 Å². The van der Waals surface area contributed by atoms with Gasteiger partial charge in [-0.25, -0.2) is 0 Å². The maximum absolute atomic E-state index is 6.84. The minimum Gasteiger partial charge on any atom is -0.0891 e. The van der Waals surface area contributed by atoms with E-state index in [1.807, 2.05) is 0 Å². The van der Waals surface area contributed by atoms with E-state index in [9.17, 15) is 0 Å². The molecular weight excluding hydrogens is 204 g/mol. The Morgan fingerprint density at radius 1 is 0.882 bits per heavy atom. The van der Waals surface area contributed by atoms with Gasteiger partial charge in [-0.05, 0) is 49.7 Å². The summed E-state index contributed by atoms with van der Waals surface area (Å²) in [5, 5.41) is 0. The van der Waals surface area contributed by atoms with Gasteiger partial charge in [-0.1, -0.05) is 50.0 Å². The van der Waals surface area contributed by atoms with Crippen LogP contribution in [0.15, 0.2) is 24.3 Å². The molecule has 0 aliphatic rings. The molecule has 0 atom stereocenters. The predicted octanol–water partition coefficient (Wildman–Crippen LogP) is 4.72. The highest BCUT2D eigenvalue weighted by Crippen LogP contribution is 2.11. The van der Waals surface area contributed by atoms with Gasteiger partial charge in [0.15, 0.2) is 0 Å². The van der Waals surface area contributed by atoms with Gasteiger partial charge in [-0.15, -0.1) is 0 Å². The lowest BCUT2D eigenvalue weighted by Crippen LogP contribution is -1.89. The Kier molecular flexibility index (Phi) is 7.23. The molecule has 1 aromatic rings. The second-order valence-electron chi connectivity index (χ2n) is 4.66.